The van der Waals surface area contributed by atoms with Gasteiger partial charge in [-0.05, 0) is 44.9 Å². The van der Waals surface area contributed by atoms with E-state index < -0.39 is 40.0 Å². The third kappa shape index (κ3) is 29.3. The van der Waals surface area contributed by atoms with E-state index in [1.54, 1.807) is 0 Å². The maximum atomic E-state index is 12.5. The Balaban J connectivity index is 4.08. The lowest BCUT2D eigenvalue weighted by Crippen LogP contribution is -2.50. The average Bonchev–Trinajstić information content (AvgIpc) is 2.96. The molecule has 7 nitrogen and oxygen atoms in total. The molecule has 4 N–H and O–H groups in total. The van der Waals surface area contributed by atoms with Crippen molar-refractivity contribution >= 4 is 16.0 Å². The van der Waals surface area contributed by atoms with Gasteiger partial charge in [-0.3, -0.25) is 9.35 Å². The monoisotopic (exact) mass is 629 g/mol. The number of unbranched alkanes of at least 4 members (excludes halogenated alkanes) is 18. The standard InChI is InChI=1S/C35H67NO6S/c1-3-5-7-9-11-13-15-16-17-18-19-20-22-24-26-28-30-34(38)35(39)36-32(31-43(40,41)42)33(37)29-27-25-23-21-14-12-10-8-6-4-2/h11,13,16-17,32-34,37-38H,3-10,12,14-15,18-31H2,1-2H3,(H,36,39)(H,40,41,42)/b13-11-,17-16-. The van der Waals surface area contributed by atoms with E-state index in [0.29, 0.717) is 19.3 Å². The molecule has 0 rings (SSSR count). The van der Waals surface area contributed by atoms with Gasteiger partial charge < -0.3 is 15.5 Å². The fraction of sp³-hybridized carbons (Fsp3) is 0.857. The lowest BCUT2D eigenvalue weighted by Gasteiger charge is -2.24. The third-order valence-corrected chi connectivity index (χ3v) is 8.80. The molecule has 0 heterocycles. The van der Waals surface area contributed by atoms with Gasteiger partial charge in [-0.1, -0.05) is 147 Å². The van der Waals surface area contributed by atoms with Gasteiger partial charge in [0.25, 0.3) is 10.1 Å². The lowest BCUT2D eigenvalue weighted by molar-refractivity contribution is -0.131. The second-order valence-corrected chi connectivity index (χ2v) is 13.8. The summed E-state index contributed by atoms with van der Waals surface area (Å²) in [4.78, 5) is 12.5. The number of carbonyl (C=O) groups is 1. The molecule has 0 aromatic carbocycles. The van der Waals surface area contributed by atoms with E-state index in [1.165, 1.54) is 70.6 Å². The van der Waals surface area contributed by atoms with E-state index in [-0.39, 0.29) is 6.42 Å². The van der Waals surface area contributed by atoms with Crippen molar-refractivity contribution in [3.05, 3.63) is 24.3 Å². The maximum absolute atomic E-state index is 12.5. The number of nitrogens with one attached hydrogen (secondary N) is 1. The number of amides is 1. The Morgan fingerprint density at radius 2 is 1.05 bits per heavy atom. The van der Waals surface area contributed by atoms with E-state index in [4.69, 9.17) is 0 Å². The molecule has 0 fully saturated rings. The molecule has 0 aromatic heterocycles. The van der Waals surface area contributed by atoms with Gasteiger partial charge in [0.15, 0.2) is 0 Å². The maximum Gasteiger partial charge on any atom is 0.266 e. The summed E-state index contributed by atoms with van der Waals surface area (Å²) in [5.74, 6) is -1.46. The molecule has 0 aliphatic carbocycles. The number of carbonyl (C=O) groups excluding carboxylic acids is 1. The van der Waals surface area contributed by atoms with Crippen molar-refractivity contribution in [3.63, 3.8) is 0 Å². The highest BCUT2D eigenvalue weighted by atomic mass is 32.2. The molecule has 0 spiro atoms. The number of allylic oxidation sites excluding steroid dienone is 4. The van der Waals surface area contributed by atoms with Gasteiger partial charge in [0.2, 0.25) is 5.91 Å². The summed E-state index contributed by atoms with van der Waals surface area (Å²) < 4.78 is 32.3. The Labute approximate surface area is 265 Å². The van der Waals surface area contributed by atoms with Crippen LogP contribution in [-0.4, -0.2) is 53.1 Å². The zero-order valence-corrected chi connectivity index (χ0v) is 28.5. The molecule has 1 amide bonds. The van der Waals surface area contributed by atoms with Crippen molar-refractivity contribution in [3.8, 4) is 0 Å². The number of rotatable bonds is 31. The van der Waals surface area contributed by atoms with E-state index in [9.17, 15) is 28.0 Å². The fourth-order valence-electron chi connectivity index (χ4n) is 5.25. The Kier molecular flexibility index (Phi) is 28.7. The number of hydrogen-bond acceptors (Lipinski definition) is 5. The van der Waals surface area contributed by atoms with Crippen LogP contribution in [0, 0.1) is 0 Å². The third-order valence-electron chi connectivity index (χ3n) is 8.02. The highest BCUT2D eigenvalue weighted by Gasteiger charge is 2.28. The molecule has 0 radical (unpaired) electrons. The van der Waals surface area contributed by atoms with E-state index in [2.05, 4.69) is 43.5 Å². The van der Waals surface area contributed by atoms with E-state index >= 15 is 0 Å². The van der Waals surface area contributed by atoms with Crippen LogP contribution in [0.5, 0.6) is 0 Å². The Hall–Kier alpha value is -1.22. The van der Waals surface area contributed by atoms with Crippen molar-refractivity contribution in [1.29, 1.82) is 0 Å². The molecule has 0 aliphatic rings. The zero-order valence-electron chi connectivity index (χ0n) is 27.7. The van der Waals surface area contributed by atoms with Crippen molar-refractivity contribution in [2.75, 3.05) is 5.75 Å². The molecule has 0 saturated heterocycles. The van der Waals surface area contributed by atoms with Gasteiger partial charge in [0.05, 0.1) is 17.9 Å². The quantitative estimate of drug-likeness (QED) is 0.0346. The SMILES string of the molecule is CCCCC/C=C\C/C=C\CCCCCCCCC(O)C(=O)NC(CS(=O)(=O)O)C(O)CCCCCCCCCCCC. The van der Waals surface area contributed by atoms with Crippen LogP contribution in [0.2, 0.25) is 0 Å². The van der Waals surface area contributed by atoms with Crippen LogP contribution in [0.1, 0.15) is 168 Å². The van der Waals surface area contributed by atoms with Crippen LogP contribution < -0.4 is 5.32 Å². The molecule has 43 heavy (non-hydrogen) atoms. The highest BCUT2D eigenvalue weighted by molar-refractivity contribution is 7.85. The molecular weight excluding hydrogens is 562 g/mol. The second-order valence-electron chi connectivity index (χ2n) is 12.3. The molecule has 8 heteroatoms. The summed E-state index contributed by atoms with van der Waals surface area (Å²) in [6.45, 7) is 4.43. The Bertz CT molecular complexity index is 798. The first-order valence-electron chi connectivity index (χ1n) is 17.6. The van der Waals surface area contributed by atoms with Crippen molar-refractivity contribution in [2.45, 2.75) is 186 Å². The molecule has 0 bridgehead atoms. The van der Waals surface area contributed by atoms with Crippen LogP contribution in [0.15, 0.2) is 24.3 Å². The van der Waals surface area contributed by atoms with E-state index in [1.807, 2.05) is 0 Å². The van der Waals surface area contributed by atoms with Crippen LogP contribution >= 0.6 is 0 Å². The predicted molar refractivity (Wildman–Crippen MR) is 181 cm³/mol. The summed E-state index contributed by atoms with van der Waals surface area (Å²) >= 11 is 0. The van der Waals surface area contributed by atoms with Crippen molar-refractivity contribution < 1.29 is 28.0 Å². The number of aliphatic hydroxyl groups is 2. The molecule has 0 saturated carbocycles. The van der Waals surface area contributed by atoms with Crippen LogP contribution in [0.25, 0.3) is 0 Å². The molecule has 0 aromatic rings. The highest BCUT2D eigenvalue weighted by Crippen LogP contribution is 2.15. The van der Waals surface area contributed by atoms with Gasteiger partial charge in [-0.15, -0.1) is 0 Å². The molecular formula is C35H67NO6S. The minimum atomic E-state index is -4.40. The molecule has 3 unspecified atom stereocenters. The van der Waals surface area contributed by atoms with Gasteiger partial charge >= 0.3 is 0 Å². The number of aliphatic hydroxyl groups excluding tert-OH is 2. The van der Waals surface area contributed by atoms with Gasteiger partial charge in [0, 0.05) is 0 Å². The largest absolute Gasteiger partial charge is 0.391 e. The van der Waals surface area contributed by atoms with Crippen LogP contribution in [-0.2, 0) is 14.9 Å². The normalized spacial score (nSPS) is 14.4. The van der Waals surface area contributed by atoms with Gasteiger partial charge in [0.1, 0.15) is 6.10 Å². The summed E-state index contributed by atoms with van der Waals surface area (Å²) in [5.41, 5.74) is 0. The second kappa shape index (κ2) is 29.5. The Morgan fingerprint density at radius 1 is 0.628 bits per heavy atom. The zero-order chi connectivity index (χ0) is 32.0. The van der Waals surface area contributed by atoms with Crippen molar-refractivity contribution in [1.82, 2.24) is 5.32 Å². The van der Waals surface area contributed by atoms with Crippen LogP contribution in [0.3, 0.4) is 0 Å². The van der Waals surface area contributed by atoms with Gasteiger partial charge in [-0.25, -0.2) is 0 Å². The lowest BCUT2D eigenvalue weighted by atomic mass is 10.0. The smallest absolute Gasteiger partial charge is 0.266 e. The first kappa shape index (κ1) is 41.8. The summed E-state index contributed by atoms with van der Waals surface area (Å²) in [6, 6.07) is -1.15. The topological polar surface area (TPSA) is 124 Å². The molecule has 0 aliphatic heterocycles. The molecule has 3 atom stereocenters. The Morgan fingerprint density at radius 3 is 1.56 bits per heavy atom. The van der Waals surface area contributed by atoms with E-state index in [0.717, 1.165) is 57.8 Å². The summed E-state index contributed by atoms with van der Waals surface area (Å²) in [7, 11) is -4.40. The minimum Gasteiger partial charge on any atom is -0.391 e. The first-order chi connectivity index (χ1) is 20.7. The minimum absolute atomic E-state index is 0.285. The van der Waals surface area contributed by atoms with Crippen LogP contribution in [0.4, 0.5) is 0 Å². The van der Waals surface area contributed by atoms with Gasteiger partial charge in [-0.2, -0.15) is 8.42 Å². The first-order valence-corrected chi connectivity index (χ1v) is 19.2. The van der Waals surface area contributed by atoms with Crippen molar-refractivity contribution in [2.24, 2.45) is 0 Å². The average molecular weight is 630 g/mol. The predicted octanol–water partition coefficient (Wildman–Crippen LogP) is 8.60. The number of hydrogen-bond donors (Lipinski definition) is 4. The summed E-state index contributed by atoms with van der Waals surface area (Å²) in [6.07, 6.45) is 31.9. The summed E-state index contributed by atoms with van der Waals surface area (Å²) in [5, 5.41) is 23.4. The fourth-order valence-corrected chi connectivity index (χ4v) is 6.01. The molecule has 254 valence electrons.